The fourth-order valence-corrected chi connectivity index (χ4v) is 2.78. The van der Waals surface area contributed by atoms with Crippen LogP contribution in [0.2, 0.25) is 5.15 Å². The maximum atomic E-state index is 12.0. The van der Waals surface area contributed by atoms with Gasteiger partial charge in [0.05, 0.1) is 0 Å². The first-order valence-electron chi connectivity index (χ1n) is 7.09. The van der Waals surface area contributed by atoms with Gasteiger partial charge in [0.2, 0.25) is 5.91 Å². The maximum absolute atomic E-state index is 12.0. The molecule has 0 aliphatic carbocycles. The van der Waals surface area contributed by atoms with E-state index in [2.05, 4.69) is 27.1 Å². The molecule has 2 rings (SSSR count). The smallest absolute Gasteiger partial charge is 0.242 e. The molecule has 0 aromatic carbocycles. The van der Waals surface area contributed by atoms with Crippen molar-refractivity contribution in [3.05, 3.63) is 16.5 Å². The predicted molar refractivity (Wildman–Crippen MR) is 80.2 cm³/mol. The molecule has 0 saturated carbocycles. The number of hydrogen-bond acceptors (Lipinski definition) is 4. The van der Waals surface area contributed by atoms with Gasteiger partial charge < -0.3 is 10.2 Å². The lowest BCUT2D eigenvalue weighted by molar-refractivity contribution is -0.121. The first kappa shape index (κ1) is 15.0. The van der Waals surface area contributed by atoms with Gasteiger partial charge in [-0.2, -0.15) is 0 Å². The van der Waals surface area contributed by atoms with Crippen LogP contribution in [0.15, 0.2) is 0 Å². The maximum Gasteiger partial charge on any atom is 0.242 e. The van der Waals surface area contributed by atoms with Crippen molar-refractivity contribution in [3.63, 3.8) is 0 Å². The molecule has 5 nitrogen and oxygen atoms in total. The van der Waals surface area contributed by atoms with E-state index < -0.39 is 0 Å². The van der Waals surface area contributed by atoms with Gasteiger partial charge in [-0.1, -0.05) is 18.5 Å². The van der Waals surface area contributed by atoms with E-state index in [1.807, 2.05) is 6.92 Å². The third-order valence-electron chi connectivity index (χ3n) is 3.65. The fourth-order valence-electron chi connectivity index (χ4n) is 2.59. The summed E-state index contributed by atoms with van der Waals surface area (Å²) < 4.78 is 0. The average Bonchev–Trinajstić information content (AvgIpc) is 2.91. The van der Waals surface area contributed by atoms with Gasteiger partial charge in [-0.3, -0.25) is 4.79 Å². The first-order valence-corrected chi connectivity index (χ1v) is 7.47. The molecule has 1 aromatic rings. The molecule has 2 heterocycles. The Bertz CT molecular complexity index is 506. The zero-order valence-electron chi connectivity index (χ0n) is 12.2. The molecule has 0 spiro atoms. The lowest BCUT2D eigenvalue weighted by Crippen LogP contribution is -2.42. The van der Waals surface area contributed by atoms with Gasteiger partial charge in [0.1, 0.15) is 22.8 Å². The van der Waals surface area contributed by atoms with Crippen LogP contribution in [-0.4, -0.2) is 35.5 Å². The highest BCUT2D eigenvalue weighted by Crippen LogP contribution is 2.30. The van der Waals surface area contributed by atoms with Crippen molar-refractivity contribution in [1.82, 2.24) is 15.3 Å². The van der Waals surface area contributed by atoms with E-state index in [1.165, 1.54) is 0 Å². The third kappa shape index (κ3) is 2.87. The molecule has 1 N–H and O–H groups in total. The Morgan fingerprint density at radius 3 is 2.90 bits per heavy atom. The summed E-state index contributed by atoms with van der Waals surface area (Å²) in [5.41, 5.74) is 0.849. The number of nitrogens with one attached hydrogen (secondary N) is 1. The molecule has 110 valence electrons. The summed E-state index contributed by atoms with van der Waals surface area (Å²) in [6.07, 6.45) is 3.61. The molecular weight excluding hydrogens is 276 g/mol. The highest BCUT2D eigenvalue weighted by molar-refractivity contribution is 6.30. The van der Waals surface area contributed by atoms with Crippen molar-refractivity contribution in [2.75, 3.05) is 18.5 Å². The Kier molecular flexibility index (Phi) is 4.81. The second-order valence-electron chi connectivity index (χ2n) is 5.09. The van der Waals surface area contributed by atoms with E-state index in [0.29, 0.717) is 5.15 Å². The van der Waals surface area contributed by atoms with Gasteiger partial charge in [0.15, 0.2) is 0 Å². The minimum absolute atomic E-state index is 0.0358. The van der Waals surface area contributed by atoms with Crippen LogP contribution in [0.4, 0.5) is 5.82 Å². The minimum atomic E-state index is -0.154. The van der Waals surface area contributed by atoms with Crippen molar-refractivity contribution in [1.29, 1.82) is 0 Å². The van der Waals surface area contributed by atoms with Crippen LogP contribution >= 0.6 is 11.6 Å². The monoisotopic (exact) mass is 296 g/mol. The first-order chi connectivity index (χ1) is 9.58. The van der Waals surface area contributed by atoms with Crippen LogP contribution in [0.25, 0.3) is 0 Å². The number of anilines is 1. The topological polar surface area (TPSA) is 58.1 Å². The van der Waals surface area contributed by atoms with Crippen molar-refractivity contribution in [2.45, 2.75) is 45.6 Å². The van der Waals surface area contributed by atoms with Crippen LogP contribution in [0, 0.1) is 6.92 Å². The number of nitrogens with zero attached hydrogens (tertiary/aromatic N) is 3. The van der Waals surface area contributed by atoms with Gasteiger partial charge in [0, 0.05) is 25.6 Å². The number of halogens is 1. The van der Waals surface area contributed by atoms with Gasteiger partial charge in [-0.25, -0.2) is 9.97 Å². The standard InChI is InChI=1S/C14H21ClN4O/c1-4-6-11-17-12(15)9(2)13(18-11)19-8-5-7-10(19)14(20)16-3/h10H,4-8H2,1-3H3,(H,16,20). The molecule has 6 heteroatoms. The SMILES string of the molecule is CCCc1nc(Cl)c(C)c(N2CCCC2C(=O)NC)n1. The van der Waals surface area contributed by atoms with E-state index in [9.17, 15) is 4.79 Å². The van der Waals surface area contributed by atoms with E-state index >= 15 is 0 Å². The summed E-state index contributed by atoms with van der Waals surface area (Å²) in [6, 6.07) is -0.154. The minimum Gasteiger partial charge on any atom is -0.357 e. The molecule has 0 radical (unpaired) electrons. The fraction of sp³-hybridized carbons (Fsp3) is 0.643. The molecule has 1 aliphatic heterocycles. The Balaban J connectivity index is 2.37. The summed E-state index contributed by atoms with van der Waals surface area (Å²) in [5, 5.41) is 3.21. The Hall–Kier alpha value is -1.36. The quantitative estimate of drug-likeness (QED) is 0.865. The summed E-state index contributed by atoms with van der Waals surface area (Å²) in [7, 11) is 1.67. The lowest BCUT2D eigenvalue weighted by Gasteiger charge is -2.26. The summed E-state index contributed by atoms with van der Waals surface area (Å²) in [6.45, 7) is 4.82. The second-order valence-corrected chi connectivity index (χ2v) is 5.45. The number of rotatable bonds is 4. The zero-order chi connectivity index (χ0) is 14.7. The summed E-state index contributed by atoms with van der Waals surface area (Å²) in [5.74, 6) is 1.59. The van der Waals surface area contributed by atoms with E-state index in [0.717, 1.165) is 49.4 Å². The highest BCUT2D eigenvalue weighted by Gasteiger charge is 2.32. The Labute approximate surface area is 124 Å². The number of amides is 1. The molecule has 1 amide bonds. The number of carbonyl (C=O) groups is 1. The molecule has 0 bridgehead atoms. The molecule has 1 unspecified atom stereocenters. The van der Waals surface area contributed by atoms with Gasteiger partial charge >= 0.3 is 0 Å². The van der Waals surface area contributed by atoms with Crippen LogP contribution in [-0.2, 0) is 11.2 Å². The number of carbonyl (C=O) groups excluding carboxylic acids is 1. The molecule has 1 fully saturated rings. The van der Waals surface area contributed by atoms with Gasteiger partial charge in [-0.15, -0.1) is 0 Å². The van der Waals surface area contributed by atoms with Crippen LogP contribution in [0.1, 0.15) is 37.6 Å². The van der Waals surface area contributed by atoms with Crippen LogP contribution in [0.3, 0.4) is 0 Å². The van der Waals surface area contributed by atoms with Crippen molar-refractivity contribution < 1.29 is 4.79 Å². The Morgan fingerprint density at radius 1 is 1.50 bits per heavy atom. The van der Waals surface area contributed by atoms with Crippen molar-refractivity contribution in [2.24, 2.45) is 0 Å². The summed E-state index contributed by atoms with van der Waals surface area (Å²) in [4.78, 5) is 23.0. The van der Waals surface area contributed by atoms with Gasteiger partial charge in [0.25, 0.3) is 0 Å². The van der Waals surface area contributed by atoms with E-state index in [4.69, 9.17) is 11.6 Å². The molecule has 1 aliphatic rings. The number of likely N-dealkylation sites (N-methyl/N-ethyl adjacent to an activating group) is 1. The molecule has 1 saturated heterocycles. The lowest BCUT2D eigenvalue weighted by atomic mass is 10.2. The second kappa shape index (κ2) is 6.39. The highest BCUT2D eigenvalue weighted by atomic mass is 35.5. The molecule has 1 atom stereocenters. The van der Waals surface area contributed by atoms with E-state index in [1.54, 1.807) is 7.05 Å². The number of aromatic nitrogens is 2. The van der Waals surface area contributed by atoms with E-state index in [-0.39, 0.29) is 11.9 Å². The van der Waals surface area contributed by atoms with Crippen LogP contribution in [0.5, 0.6) is 0 Å². The largest absolute Gasteiger partial charge is 0.357 e. The van der Waals surface area contributed by atoms with Gasteiger partial charge in [-0.05, 0) is 26.2 Å². The van der Waals surface area contributed by atoms with Crippen molar-refractivity contribution >= 4 is 23.3 Å². The normalized spacial score (nSPS) is 18.4. The third-order valence-corrected chi connectivity index (χ3v) is 4.02. The zero-order valence-corrected chi connectivity index (χ0v) is 13.0. The molecule has 1 aromatic heterocycles. The summed E-state index contributed by atoms with van der Waals surface area (Å²) >= 11 is 6.22. The average molecular weight is 297 g/mol. The van der Waals surface area contributed by atoms with Crippen LogP contribution < -0.4 is 10.2 Å². The predicted octanol–water partition coefficient (Wildman–Crippen LogP) is 2.11. The number of hydrogen-bond donors (Lipinski definition) is 1. The van der Waals surface area contributed by atoms with Crippen molar-refractivity contribution in [3.8, 4) is 0 Å². The number of aryl methyl sites for hydroxylation is 1. The molecule has 20 heavy (non-hydrogen) atoms. The Morgan fingerprint density at radius 2 is 2.25 bits per heavy atom. The molecular formula is C14H21ClN4O.